The highest BCUT2D eigenvalue weighted by molar-refractivity contribution is 5.71. The molecule has 6 nitrogen and oxygen atoms in total. The van der Waals surface area contributed by atoms with E-state index in [1.54, 1.807) is 0 Å². The second-order valence-corrected chi connectivity index (χ2v) is 14.7. The number of rotatable bonds is 37. The quantitative estimate of drug-likeness (QED) is 0.0369. The summed E-state index contributed by atoms with van der Waals surface area (Å²) in [6, 6.07) is 0. The second-order valence-electron chi connectivity index (χ2n) is 14.7. The first-order valence-electron chi connectivity index (χ1n) is 20.9. The Kier molecular flexibility index (Phi) is 35.5. The van der Waals surface area contributed by atoms with E-state index in [1.807, 2.05) is 0 Å². The van der Waals surface area contributed by atoms with Gasteiger partial charge in [0.2, 0.25) is 0 Å². The van der Waals surface area contributed by atoms with E-state index in [1.165, 1.54) is 122 Å². The standard InChI is InChI=1S/C42H80O6/c1-5-7-9-11-13-15-16-18-21-25-29-33-40(43)46-36-39(48-42(45)35-31-27-22-17-14-12-10-8-6-2)37-47-41(44)34-30-26-23-19-20-24-28-32-38(3)4/h38-39H,5-37H2,1-4H3/t39-/m1/s1. The minimum atomic E-state index is -0.757. The van der Waals surface area contributed by atoms with Crippen molar-refractivity contribution < 1.29 is 28.6 Å². The van der Waals surface area contributed by atoms with E-state index >= 15 is 0 Å². The smallest absolute Gasteiger partial charge is 0.306 e. The van der Waals surface area contributed by atoms with Crippen LogP contribution in [0.4, 0.5) is 0 Å². The molecule has 0 saturated heterocycles. The van der Waals surface area contributed by atoms with Crippen molar-refractivity contribution >= 4 is 17.9 Å². The van der Waals surface area contributed by atoms with Crippen LogP contribution < -0.4 is 0 Å². The molecule has 0 saturated carbocycles. The van der Waals surface area contributed by atoms with Crippen LogP contribution in [0, 0.1) is 5.92 Å². The van der Waals surface area contributed by atoms with E-state index in [0.717, 1.165) is 63.7 Å². The third-order valence-corrected chi connectivity index (χ3v) is 9.29. The Morgan fingerprint density at radius 3 is 1.02 bits per heavy atom. The van der Waals surface area contributed by atoms with Crippen molar-refractivity contribution in [1.29, 1.82) is 0 Å². The molecule has 0 rings (SSSR count). The zero-order valence-corrected chi connectivity index (χ0v) is 32.4. The highest BCUT2D eigenvalue weighted by atomic mass is 16.6. The molecule has 0 amide bonds. The second kappa shape index (κ2) is 36.7. The van der Waals surface area contributed by atoms with Crippen LogP contribution in [0.25, 0.3) is 0 Å². The summed E-state index contributed by atoms with van der Waals surface area (Å²) in [5.74, 6) is -0.0837. The first-order valence-corrected chi connectivity index (χ1v) is 20.9. The topological polar surface area (TPSA) is 78.9 Å². The van der Waals surface area contributed by atoms with Gasteiger partial charge in [0.1, 0.15) is 13.2 Å². The normalized spacial score (nSPS) is 11.9. The fourth-order valence-corrected chi connectivity index (χ4v) is 6.10. The zero-order chi connectivity index (χ0) is 35.3. The molecule has 0 radical (unpaired) electrons. The van der Waals surface area contributed by atoms with Gasteiger partial charge in [-0.25, -0.2) is 0 Å². The molecule has 0 aliphatic heterocycles. The van der Waals surface area contributed by atoms with Crippen LogP contribution in [0.2, 0.25) is 0 Å². The Balaban J connectivity index is 4.33. The molecular formula is C42H80O6. The van der Waals surface area contributed by atoms with Crippen LogP contribution >= 0.6 is 0 Å². The molecule has 0 aromatic rings. The lowest BCUT2D eigenvalue weighted by Crippen LogP contribution is -2.30. The van der Waals surface area contributed by atoms with Gasteiger partial charge in [0.25, 0.3) is 0 Å². The summed E-state index contributed by atoms with van der Waals surface area (Å²) in [5, 5.41) is 0. The molecule has 0 aliphatic carbocycles. The Hall–Kier alpha value is -1.59. The van der Waals surface area contributed by atoms with Crippen molar-refractivity contribution in [2.24, 2.45) is 5.92 Å². The predicted octanol–water partition coefficient (Wildman–Crippen LogP) is 12.8. The van der Waals surface area contributed by atoms with Crippen molar-refractivity contribution in [1.82, 2.24) is 0 Å². The first-order chi connectivity index (χ1) is 23.4. The molecule has 0 aromatic carbocycles. The van der Waals surface area contributed by atoms with Crippen molar-refractivity contribution in [3.8, 4) is 0 Å². The largest absolute Gasteiger partial charge is 0.462 e. The van der Waals surface area contributed by atoms with E-state index in [9.17, 15) is 14.4 Å². The molecule has 0 N–H and O–H groups in total. The van der Waals surface area contributed by atoms with Crippen LogP contribution in [0.15, 0.2) is 0 Å². The molecule has 0 bridgehead atoms. The van der Waals surface area contributed by atoms with Gasteiger partial charge < -0.3 is 14.2 Å². The summed E-state index contributed by atoms with van der Waals surface area (Å²) in [4.78, 5) is 37.5. The Labute approximate surface area is 298 Å². The van der Waals surface area contributed by atoms with Gasteiger partial charge in [0.15, 0.2) is 6.10 Å². The minimum Gasteiger partial charge on any atom is -0.462 e. The SMILES string of the molecule is CCCCCCCCCCCCCC(=O)OC[C@H](COC(=O)CCCCCCCCCC(C)C)OC(=O)CCCCCCCCCCC. The molecule has 1 atom stereocenters. The molecule has 0 heterocycles. The van der Waals surface area contributed by atoms with Gasteiger partial charge >= 0.3 is 17.9 Å². The lowest BCUT2D eigenvalue weighted by molar-refractivity contribution is -0.167. The number of ether oxygens (including phenoxy) is 3. The molecule has 48 heavy (non-hydrogen) atoms. The maximum absolute atomic E-state index is 12.6. The van der Waals surface area contributed by atoms with Gasteiger partial charge in [-0.2, -0.15) is 0 Å². The van der Waals surface area contributed by atoms with Crippen LogP contribution in [-0.2, 0) is 28.6 Å². The number of hydrogen-bond donors (Lipinski definition) is 0. The van der Waals surface area contributed by atoms with Gasteiger partial charge in [0, 0.05) is 19.3 Å². The van der Waals surface area contributed by atoms with Gasteiger partial charge in [-0.05, 0) is 25.2 Å². The van der Waals surface area contributed by atoms with Crippen molar-refractivity contribution in [2.45, 2.75) is 233 Å². The molecule has 0 fully saturated rings. The summed E-state index contributed by atoms with van der Waals surface area (Å²) in [6.45, 7) is 8.90. The number of esters is 3. The van der Waals surface area contributed by atoms with E-state index in [-0.39, 0.29) is 31.1 Å². The lowest BCUT2D eigenvalue weighted by Gasteiger charge is -2.18. The third-order valence-electron chi connectivity index (χ3n) is 9.29. The fraction of sp³-hybridized carbons (Fsp3) is 0.929. The molecule has 284 valence electrons. The number of unbranched alkanes of at least 4 members (excludes halogenated alkanes) is 24. The summed E-state index contributed by atoms with van der Waals surface area (Å²) < 4.78 is 16.6. The Morgan fingerprint density at radius 1 is 0.396 bits per heavy atom. The van der Waals surface area contributed by atoms with Crippen LogP contribution in [0.5, 0.6) is 0 Å². The van der Waals surface area contributed by atoms with E-state index < -0.39 is 6.10 Å². The summed E-state index contributed by atoms with van der Waals surface area (Å²) in [6.07, 6.45) is 33.8. The van der Waals surface area contributed by atoms with Gasteiger partial charge in [-0.3, -0.25) is 14.4 Å². The maximum Gasteiger partial charge on any atom is 0.306 e. The van der Waals surface area contributed by atoms with Gasteiger partial charge in [-0.15, -0.1) is 0 Å². The fourth-order valence-electron chi connectivity index (χ4n) is 6.10. The number of hydrogen-bond acceptors (Lipinski definition) is 6. The third kappa shape index (κ3) is 35.7. The Bertz CT molecular complexity index is 721. The average molecular weight is 681 g/mol. The molecule has 6 heteroatoms. The summed E-state index contributed by atoms with van der Waals surface area (Å²) >= 11 is 0. The maximum atomic E-state index is 12.6. The zero-order valence-electron chi connectivity index (χ0n) is 32.4. The van der Waals surface area contributed by atoms with Crippen LogP contribution in [-0.4, -0.2) is 37.2 Å². The van der Waals surface area contributed by atoms with E-state index in [2.05, 4.69) is 27.7 Å². The predicted molar refractivity (Wildman–Crippen MR) is 201 cm³/mol. The first kappa shape index (κ1) is 46.4. The van der Waals surface area contributed by atoms with Gasteiger partial charge in [0.05, 0.1) is 0 Å². The lowest BCUT2D eigenvalue weighted by atomic mass is 10.0. The number of carbonyl (C=O) groups is 3. The van der Waals surface area contributed by atoms with Crippen LogP contribution in [0.1, 0.15) is 227 Å². The van der Waals surface area contributed by atoms with Gasteiger partial charge in [-0.1, -0.05) is 188 Å². The molecule has 0 spiro atoms. The summed E-state index contributed by atoms with van der Waals surface area (Å²) in [5.41, 5.74) is 0. The minimum absolute atomic E-state index is 0.0650. The molecular weight excluding hydrogens is 600 g/mol. The van der Waals surface area contributed by atoms with Crippen molar-refractivity contribution in [3.63, 3.8) is 0 Å². The summed E-state index contributed by atoms with van der Waals surface area (Å²) in [7, 11) is 0. The van der Waals surface area contributed by atoms with Crippen molar-refractivity contribution in [2.75, 3.05) is 13.2 Å². The van der Waals surface area contributed by atoms with E-state index in [0.29, 0.717) is 19.3 Å². The van der Waals surface area contributed by atoms with E-state index in [4.69, 9.17) is 14.2 Å². The highest BCUT2D eigenvalue weighted by Gasteiger charge is 2.19. The molecule has 0 aromatic heterocycles. The molecule has 0 unspecified atom stereocenters. The molecule has 0 aliphatic rings. The highest BCUT2D eigenvalue weighted by Crippen LogP contribution is 2.15. The number of carbonyl (C=O) groups excluding carboxylic acids is 3. The monoisotopic (exact) mass is 681 g/mol. The average Bonchev–Trinajstić information content (AvgIpc) is 3.06. The van der Waals surface area contributed by atoms with Crippen LogP contribution in [0.3, 0.4) is 0 Å². The van der Waals surface area contributed by atoms with Crippen molar-refractivity contribution in [3.05, 3.63) is 0 Å². The Morgan fingerprint density at radius 2 is 0.688 bits per heavy atom.